The van der Waals surface area contributed by atoms with Gasteiger partial charge in [-0.2, -0.15) is 0 Å². The molecular formula is C52H32N4. The molecule has 0 saturated heterocycles. The number of hydrogen-bond donors (Lipinski definition) is 0. The van der Waals surface area contributed by atoms with Crippen LogP contribution in [-0.2, 0) is 0 Å². The molecule has 260 valence electrons. The first-order chi connectivity index (χ1) is 27.7. The Morgan fingerprint density at radius 1 is 0.268 bits per heavy atom. The third-order valence-corrected chi connectivity index (χ3v) is 10.9. The molecule has 4 heteroatoms. The van der Waals surface area contributed by atoms with E-state index in [4.69, 9.17) is 15.0 Å². The van der Waals surface area contributed by atoms with Crippen LogP contribution < -0.4 is 0 Å². The SMILES string of the molecule is c1ccc(-c2nc(-c3cc(-c4cc5ccccc5c5ccccc45)cc(-c4cc5ccccc5c5ccccc45)c3)nc(-c3ccc4cccnc4c3)n2)cc1. The van der Waals surface area contributed by atoms with Gasteiger partial charge in [-0.15, -0.1) is 0 Å². The van der Waals surface area contributed by atoms with E-state index in [-0.39, 0.29) is 0 Å². The lowest BCUT2D eigenvalue weighted by Crippen LogP contribution is -2.01. The van der Waals surface area contributed by atoms with Crippen molar-refractivity contribution < 1.29 is 0 Å². The molecule has 11 rings (SSSR count). The first kappa shape index (κ1) is 31.9. The van der Waals surface area contributed by atoms with Crippen LogP contribution in [0.1, 0.15) is 0 Å². The first-order valence-electron chi connectivity index (χ1n) is 18.9. The van der Waals surface area contributed by atoms with Crippen molar-refractivity contribution in [3.8, 4) is 56.4 Å². The second-order valence-electron chi connectivity index (χ2n) is 14.3. The normalized spacial score (nSPS) is 11.6. The summed E-state index contributed by atoms with van der Waals surface area (Å²) < 4.78 is 0. The maximum Gasteiger partial charge on any atom is 0.164 e. The molecule has 56 heavy (non-hydrogen) atoms. The molecule has 2 aromatic heterocycles. The second-order valence-corrected chi connectivity index (χ2v) is 14.3. The molecule has 0 aliphatic carbocycles. The summed E-state index contributed by atoms with van der Waals surface area (Å²) in [7, 11) is 0. The Morgan fingerprint density at radius 2 is 0.732 bits per heavy atom. The molecule has 0 unspecified atom stereocenters. The maximum atomic E-state index is 5.25. The number of benzene rings is 9. The van der Waals surface area contributed by atoms with Gasteiger partial charge in [-0.05, 0) is 108 Å². The molecular weight excluding hydrogens is 681 g/mol. The quantitative estimate of drug-likeness (QED) is 0.167. The van der Waals surface area contributed by atoms with E-state index < -0.39 is 0 Å². The highest BCUT2D eigenvalue weighted by Crippen LogP contribution is 2.41. The average molecular weight is 713 g/mol. The fraction of sp³-hybridized carbons (Fsp3) is 0. The summed E-state index contributed by atoms with van der Waals surface area (Å²) in [5.41, 5.74) is 8.11. The molecule has 0 bridgehead atoms. The predicted octanol–water partition coefficient (Wildman–Crippen LogP) is 13.4. The minimum atomic E-state index is 0.598. The van der Waals surface area contributed by atoms with Gasteiger partial charge in [0.1, 0.15) is 0 Å². The topological polar surface area (TPSA) is 51.6 Å². The van der Waals surface area contributed by atoms with Crippen molar-refractivity contribution >= 4 is 54.0 Å². The Hall–Kier alpha value is -7.56. The summed E-state index contributed by atoms with van der Waals surface area (Å²) in [6.45, 7) is 0. The standard InChI is InChI=1S/C52H32N4/c1-2-13-34(14-3-1)50-54-51(37-25-24-33-17-12-26-53-49(33)32-37)56-52(55-50)40-28-38(47-30-35-15-4-6-18-41(35)43-20-8-10-22-45(43)47)27-39(29-40)48-31-36-16-5-7-19-42(36)44-21-9-11-23-46(44)48/h1-32H. The molecule has 0 amide bonds. The fourth-order valence-electron chi connectivity index (χ4n) is 8.21. The van der Waals surface area contributed by atoms with Crippen LogP contribution in [0.15, 0.2) is 194 Å². The maximum absolute atomic E-state index is 5.25. The van der Waals surface area contributed by atoms with Crippen molar-refractivity contribution in [3.63, 3.8) is 0 Å². The van der Waals surface area contributed by atoms with Gasteiger partial charge in [0.25, 0.3) is 0 Å². The molecule has 0 saturated carbocycles. The van der Waals surface area contributed by atoms with Crippen LogP contribution in [0.5, 0.6) is 0 Å². The molecule has 0 aliphatic heterocycles. The van der Waals surface area contributed by atoms with E-state index in [1.54, 1.807) is 0 Å². The lowest BCUT2D eigenvalue weighted by molar-refractivity contribution is 1.07. The van der Waals surface area contributed by atoms with Crippen LogP contribution in [0, 0.1) is 0 Å². The van der Waals surface area contributed by atoms with Gasteiger partial charge in [0.15, 0.2) is 17.5 Å². The summed E-state index contributed by atoms with van der Waals surface area (Å²) in [5.74, 6) is 1.82. The third-order valence-electron chi connectivity index (χ3n) is 10.9. The highest BCUT2D eigenvalue weighted by atomic mass is 15.0. The largest absolute Gasteiger partial charge is 0.256 e. The monoisotopic (exact) mass is 712 g/mol. The third kappa shape index (κ3) is 5.47. The van der Waals surface area contributed by atoms with E-state index in [2.05, 4.69) is 169 Å². The van der Waals surface area contributed by atoms with Gasteiger partial charge in [-0.1, -0.05) is 146 Å². The Balaban J connectivity index is 1.22. The van der Waals surface area contributed by atoms with E-state index in [0.717, 1.165) is 49.8 Å². The summed E-state index contributed by atoms with van der Waals surface area (Å²) in [6.07, 6.45) is 1.82. The van der Waals surface area contributed by atoms with Crippen LogP contribution in [0.2, 0.25) is 0 Å². The zero-order chi connectivity index (χ0) is 37.0. The van der Waals surface area contributed by atoms with Gasteiger partial charge in [0.2, 0.25) is 0 Å². The van der Waals surface area contributed by atoms with Gasteiger partial charge in [0, 0.05) is 28.3 Å². The molecule has 0 fully saturated rings. The van der Waals surface area contributed by atoms with E-state index in [1.807, 2.05) is 30.5 Å². The van der Waals surface area contributed by atoms with Gasteiger partial charge in [-0.25, -0.2) is 15.0 Å². The van der Waals surface area contributed by atoms with Crippen molar-refractivity contribution in [2.45, 2.75) is 0 Å². The van der Waals surface area contributed by atoms with Crippen LogP contribution in [0.3, 0.4) is 0 Å². The molecule has 0 atom stereocenters. The van der Waals surface area contributed by atoms with Crippen LogP contribution in [0.4, 0.5) is 0 Å². The Bertz CT molecular complexity index is 3180. The number of rotatable bonds is 5. The number of pyridine rings is 1. The van der Waals surface area contributed by atoms with Crippen molar-refractivity contribution in [2.75, 3.05) is 0 Å². The number of nitrogens with zero attached hydrogens (tertiary/aromatic N) is 4. The van der Waals surface area contributed by atoms with E-state index in [9.17, 15) is 0 Å². The zero-order valence-corrected chi connectivity index (χ0v) is 30.3. The highest BCUT2D eigenvalue weighted by molar-refractivity contribution is 6.16. The number of hydrogen-bond acceptors (Lipinski definition) is 4. The Labute approximate surface area is 323 Å². The highest BCUT2D eigenvalue weighted by Gasteiger charge is 2.18. The molecule has 9 aromatic carbocycles. The fourth-order valence-corrected chi connectivity index (χ4v) is 8.21. The van der Waals surface area contributed by atoms with Gasteiger partial charge < -0.3 is 0 Å². The Morgan fingerprint density at radius 3 is 1.34 bits per heavy atom. The summed E-state index contributed by atoms with van der Waals surface area (Å²) in [5, 5.41) is 10.8. The Kier molecular flexibility index (Phi) is 7.46. The molecule has 2 heterocycles. The smallest absolute Gasteiger partial charge is 0.164 e. The zero-order valence-electron chi connectivity index (χ0n) is 30.3. The lowest BCUT2D eigenvalue weighted by Gasteiger charge is -2.16. The molecule has 0 radical (unpaired) electrons. The first-order valence-corrected chi connectivity index (χ1v) is 18.9. The molecule has 0 spiro atoms. The van der Waals surface area contributed by atoms with Crippen molar-refractivity contribution in [3.05, 3.63) is 194 Å². The van der Waals surface area contributed by atoms with Crippen LogP contribution in [-0.4, -0.2) is 19.9 Å². The van der Waals surface area contributed by atoms with Crippen LogP contribution in [0.25, 0.3) is 110 Å². The lowest BCUT2D eigenvalue weighted by atomic mass is 9.88. The summed E-state index contributed by atoms with van der Waals surface area (Å²) in [6, 6.07) is 66.6. The molecule has 4 nitrogen and oxygen atoms in total. The summed E-state index contributed by atoms with van der Waals surface area (Å²) >= 11 is 0. The molecule has 0 aliphatic rings. The van der Waals surface area contributed by atoms with Gasteiger partial charge >= 0.3 is 0 Å². The number of aromatic nitrogens is 4. The minimum Gasteiger partial charge on any atom is -0.256 e. The summed E-state index contributed by atoms with van der Waals surface area (Å²) in [4.78, 5) is 20.2. The predicted molar refractivity (Wildman–Crippen MR) is 232 cm³/mol. The number of fused-ring (bicyclic) bond motifs is 7. The van der Waals surface area contributed by atoms with E-state index in [0.29, 0.717) is 17.5 Å². The van der Waals surface area contributed by atoms with Crippen molar-refractivity contribution in [2.24, 2.45) is 0 Å². The van der Waals surface area contributed by atoms with E-state index >= 15 is 0 Å². The van der Waals surface area contributed by atoms with Gasteiger partial charge in [0.05, 0.1) is 5.52 Å². The average Bonchev–Trinajstić information content (AvgIpc) is 3.28. The second kappa shape index (κ2) is 13.1. The van der Waals surface area contributed by atoms with Gasteiger partial charge in [-0.3, -0.25) is 4.98 Å². The minimum absolute atomic E-state index is 0.598. The van der Waals surface area contributed by atoms with Crippen LogP contribution >= 0.6 is 0 Å². The molecule has 11 aromatic rings. The van der Waals surface area contributed by atoms with Crippen molar-refractivity contribution in [1.29, 1.82) is 0 Å². The van der Waals surface area contributed by atoms with E-state index in [1.165, 1.54) is 43.1 Å². The molecule has 0 N–H and O–H groups in total. The van der Waals surface area contributed by atoms with Crippen molar-refractivity contribution in [1.82, 2.24) is 19.9 Å².